The van der Waals surface area contributed by atoms with Crippen molar-refractivity contribution in [3.05, 3.63) is 0 Å². The van der Waals surface area contributed by atoms with E-state index < -0.39 is 44.5 Å². The number of rotatable bonds is 41. The van der Waals surface area contributed by atoms with Gasteiger partial charge in [0.2, 0.25) is 0 Å². The number of carbonyl (C=O) groups excluding carboxylic acids is 2. The van der Waals surface area contributed by atoms with Gasteiger partial charge in [-0.2, -0.15) is 0 Å². The molecular weight excluding hydrogens is 693 g/mol. The van der Waals surface area contributed by atoms with Crippen molar-refractivity contribution in [3.63, 3.8) is 0 Å². The van der Waals surface area contributed by atoms with E-state index in [4.69, 9.17) is 19.1 Å². The van der Waals surface area contributed by atoms with Gasteiger partial charge in [-0.05, 0) is 12.8 Å². The van der Waals surface area contributed by atoms with Crippen LogP contribution in [0.1, 0.15) is 219 Å². The number of hydrogen-bond acceptors (Lipinski definition) is 7. The highest BCUT2D eigenvalue weighted by atomic mass is 31.2. The summed E-state index contributed by atoms with van der Waals surface area (Å²) in [4.78, 5) is 45.8. The molecule has 0 aromatic rings. The number of ether oxygens (including phenoxy) is 2. The van der Waals surface area contributed by atoms with Gasteiger partial charge in [-0.3, -0.25) is 14.2 Å². The standard InChI is InChI=1S/C42H82NO9P/c1-3-5-7-9-11-13-15-17-19-21-23-25-27-29-31-33-40(44)50-37-39(38-51-53(48,49)36-35-43-42(46)47)52-41(45)34-32-30-28-26-24-22-20-18-16-14-12-10-8-6-4-2/h39,43H,3-38H2,1-2H3,(H,46,47)(H,48,49)/t39-/m1/s1. The molecule has 314 valence electrons. The van der Waals surface area contributed by atoms with Crippen LogP contribution in [0.3, 0.4) is 0 Å². The Labute approximate surface area is 324 Å². The number of unbranched alkanes of at least 4 members (excludes halogenated alkanes) is 28. The third kappa shape index (κ3) is 39.9. The smallest absolute Gasteiger partial charge is 0.404 e. The van der Waals surface area contributed by atoms with E-state index in [-0.39, 0.29) is 26.0 Å². The molecule has 0 bridgehead atoms. The van der Waals surface area contributed by atoms with Crippen molar-refractivity contribution in [1.82, 2.24) is 5.32 Å². The fourth-order valence-corrected chi connectivity index (χ4v) is 7.39. The molecule has 0 heterocycles. The lowest BCUT2D eigenvalue weighted by atomic mass is 10.0. The first-order valence-corrected chi connectivity index (χ1v) is 23.7. The van der Waals surface area contributed by atoms with Crippen molar-refractivity contribution in [2.24, 2.45) is 0 Å². The summed E-state index contributed by atoms with van der Waals surface area (Å²) in [5.74, 6) is -0.868. The van der Waals surface area contributed by atoms with Crippen molar-refractivity contribution >= 4 is 25.6 Å². The summed E-state index contributed by atoms with van der Waals surface area (Å²) in [6.45, 7) is 3.54. The summed E-state index contributed by atoms with van der Waals surface area (Å²) < 4.78 is 28.4. The maximum atomic E-state index is 12.6. The number of esters is 2. The van der Waals surface area contributed by atoms with Crippen molar-refractivity contribution in [1.29, 1.82) is 0 Å². The zero-order valence-electron chi connectivity index (χ0n) is 34.2. The number of carbonyl (C=O) groups is 3. The molecule has 0 aromatic carbocycles. The van der Waals surface area contributed by atoms with Crippen LogP contribution >= 0.6 is 7.60 Å². The van der Waals surface area contributed by atoms with Crippen LogP contribution in [0.4, 0.5) is 4.79 Å². The Morgan fingerprint density at radius 1 is 0.528 bits per heavy atom. The lowest BCUT2D eigenvalue weighted by Gasteiger charge is -2.20. The normalized spacial score (nSPS) is 13.0. The summed E-state index contributed by atoms with van der Waals surface area (Å²) >= 11 is 0. The van der Waals surface area contributed by atoms with Crippen molar-refractivity contribution < 1.29 is 42.9 Å². The van der Waals surface area contributed by atoms with Gasteiger partial charge in [0.15, 0.2) is 6.10 Å². The van der Waals surface area contributed by atoms with Crippen LogP contribution in [-0.2, 0) is 28.2 Å². The SMILES string of the molecule is CCCCCCCCCCCCCCCCCC(=O)OC[C@H](COP(=O)(O)CCNC(=O)O)OC(=O)CCCCCCCCCCCCCCCCC. The van der Waals surface area contributed by atoms with Crippen LogP contribution in [-0.4, -0.2) is 60.1 Å². The Hall–Kier alpha value is -1.64. The summed E-state index contributed by atoms with van der Waals surface area (Å²) in [5, 5.41) is 10.7. The van der Waals surface area contributed by atoms with E-state index in [2.05, 4.69) is 13.8 Å². The van der Waals surface area contributed by atoms with Gasteiger partial charge in [-0.25, -0.2) is 4.79 Å². The second-order valence-electron chi connectivity index (χ2n) is 15.1. The van der Waals surface area contributed by atoms with Crippen LogP contribution < -0.4 is 5.32 Å². The predicted octanol–water partition coefficient (Wildman–Crippen LogP) is 12.4. The first-order chi connectivity index (χ1) is 25.7. The number of hydrogen-bond donors (Lipinski definition) is 3. The Morgan fingerprint density at radius 2 is 0.868 bits per heavy atom. The average molecular weight is 776 g/mol. The fraction of sp³-hybridized carbons (Fsp3) is 0.929. The van der Waals surface area contributed by atoms with Gasteiger partial charge in [0.05, 0.1) is 12.8 Å². The van der Waals surface area contributed by atoms with E-state index in [0.717, 1.165) is 38.5 Å². The molecule has 0 spiro atoms. The van der Waals surface area contributed by atoms with Gasteiger partial charge in [0, 0.05) is 19.4 Å². The van der Waals surface area contributed by atoms with Crippen LogP contribution in [0.5, 0.6) is 0 Å². The van der Waals surface area contributed by atoms with Crippen molar-refractivity contribution in [2.45, 2.75) is 225 Å². The van der Waals surface area contributed by atoms with E-state index in [1.54, 1.807) is 0 Å². The molecule has 0 aliphatic heterocycles. The highest BCUT2D eigenvalue weighted by Gasteiger charge is 2.25. The number of carboxylic acid groups (broad SMARTS) is 1. The van der Waals surface area contributed by atoms with E-state index >= 15 is 0 Å². The van der Waals surface area contributed by atoms with Gasteiger partial charge in [0.1, 0.15) is 6.61 Å². The topological polar surface area (TPSA) is 148 Å². The quantitative estimate of drug-likeness (QED) is 0.0313. The van der Waals surface area contributed by atoms with Gasteiger partial charge in [-0.1, -0.05) is 194 Å². The van der Waals surface area contributed by atoms with Crippen molar-refractivity contribution in [3.8, 4) is 0 Å². The fourth-order valence-electron chi connectivity index (χ4n) is 6.47. The van der Waals surface area contributed by atoms with Crippen LogP contribution in [0, 0.1) is 0 Å². The molecule has 53 heavy (non-hydrogen) atoms. The predicted molar refractivity (Wildman–Crippen MR) is 217 cm³/mol. The van der Waals surface area contributed by atoms with E-state index in [0.29, 0.717) is 6.42 Å². The highest BCUT2D eigenvalue weighted by Crippen LogP contribution is 2.41. The first kappa shape index (κ1) is 51.4. The number of amides is 1. The Balaban J connectivity index is 4.23. The Bertz CT molecular complexity index is 904. The first-order valence-electron chi connectivity index (χ1n) is 22.0. The Morgan fingerprint density at radius 3 is 1.23 bits per heavy atom. The molecule has 0 aliphatic rings. The minimum absolute atomic E-state index is 0.209. The molecule has 0 fully saturated rings. The molecule has 3 N–H and O–H groups in total. The molecule has 0 rings (SSSR count). The molecule has 0 radical (unpaired) electrons. The Kier molecular flexibility index (Phi) is 37.4. The van der Waals surface area contributed by atoms with E-state index in [1.165, 1.54) is 148 Å². The second kappa shape index (κ2) is 38.6. The lowest BCUT2D eigenvalue weighted by Crippen LogP contribution is -2.30. The van der Waals surface area contributed by atoms with Crippen LogP contribution in [0.25, 0.3) is 0 Å². The third-order valence-corrected chi connectivity index (χ3v) is 11.2. The molecule has 0 aromatic heterocycles. The third-order valence-electron chi connectivity index (χ3n) is 9.83. The molecular formula is C42H82NO9P. The van der Waals surface area contributed by atoms with Crippen LogP contribution in [0.15, 0.2) is 0 Å². The average Bonchev–Trinajstić information content (AvgIpc) is 3.12. The zero-order chi connectivity index (χ0) is 39.1. The van der Waals surface area contributed by atoms with Gasteiger partial charge in [-0.15, -0.1) is 0 Å². The van der Waals surface area contributed by atoms with E-state index in [1.807, 2.05) is 5.32 Å². The summed E-state index contributed by atoms with van der Waals surface area (Å²) in [7, 11) is -4.15. The van der Waals surface area contributed by atoms with Gasteiger partial charge >= 0.3 is 25.6 Å². The molecule has 0 saturated carbocycles. The molecule has 0 aliphatic carbocycles. The minimum atomic E-state index is -4.15. The van der Waals surface area contributed by atoms with Crippen molar-refractivity contribution in [2.75, 3.05) is 25.9 Å². The lowest BCUT2D eigenvalue weighted by molar-refractivity contribution is -0.161. The maximum absolute atomic E-state index is 12.6. The molecule has 1 unspecified atom stereocenters. The second-order valence-corrected chi connectivity index (χ2v) is 17.1. The molecule has 10 nitrogen and oxygen atoms in total. The summed E-state index contributed by atoms with van der Waals surface area (Å²) in [5.41, 5.74) is 0. The zero-order valence-corrected chi connectivity index (χ0v) is 35.1. The number of nitrogens with one attached hydrogen (secondary N) is 1. The van der Waals surface area contributed by atoms with Gasteiger partial charge < -0.3 is 29.3 Å². The highest BCUT2D eigenvalue weighted by molar-refractivity contribution is 7.52. The summed E-state index contributed by atoms with van der Waals surface area (Å²) in [6.07, 6.45) is 34.7. The maximum Gasteiger partial charge on any atom is 0.404 e. The summed E-state index contributed by atoms with van der Waals surface area (Å²) in [6, 6.07) is 0. The molecule has 1 amide bonds. The molecule has 0 saturated heterocycles. The monoisotopic (exact) mass is 776 g/mol. The van der Waals surface area contributed by atoms with E-state index in [9.17, 15) is 23.8 Å². The minimum Gasteiger partial charge on any atom is -0.465 e. The van der Waals surface area contributed by atoms with Crippen LogP contribution in [0.2, 0.25) is 0 Å². The largest absolute Gasteiger partial charge is 0.465 e. The molecule has 11 heteroatoms. The van der Waals surface area contributed by atoms with Gasteiger partial charge in [0.25, 0.3) is 0 Å². The molecule has 2 atom stereocenters.